The second kappa shape index (κ2) is 18.2. The van der Waals surface area contributed by atoms with Gasteiger partial charge in [0.2, 0.25) is 11.8 Å². The summed E-state index contributed by atoms with van der Waals surface area (Å²) in [5.74, 6) is -0.926. The van der Waals surface area contributed by atoms with E-state index in [1.54, 1.807) is 0 Å². The van der Waals surface area contributed by atoms with Crippen molar-refractivity contribution in [1.82, 2.24) is 30.2 Å². The van der Waals surface area contributed by atoms with Crippen molar-refractivity contribution in [3.63, 3.8) is 0 Å². The molecular formula is C26H42N7O17P3S. The first-order chi connectivity index (χ1) is 25.1. The molecule has 2 aromatic rings. The molecule has 1 aliphatic heterocycles. The maximum absolute atomic E-state index is 12.7. The van der Waals surface area contributed by atoms with Gasteiger partial charge < -0.3 is 50.9 Å². The number of phosphoric ester groups is 3. The number of nitrogen functional groups attached to an aromatic ring is 1. The zero-order chi connectivity index (χ0) is 40.1. The highest BCUT2D eigenvalue weighted by atomic mass is 32.2. The number of phosphoric acid groups is 3. The summed E-state index contributed by atoms with van der Waals surface area (Å²) in [6.45, 7) is 0.578. The Labute approximate surface area is 311 Å². The number of fused-ring (bicyclic) bond motifs is 1. The zero-order valence-corrected chi connectivity index (χ0v) is 32.3. The Hall–Kier alpha value is -2.44. The van der Waals surface area contributed by atoms with Crippen molar-refractivity contribution >= 4 is 69.1 Å². The number of carbonyl (C=O) groups excluding carboxylic acids is 3. The van der Waals surface area contributed by atoms with Gasteiger partial charge in [0, 0.05) is 36.6 Å². The van der Waals surface area contributed by atoms with Crippen LogP contribution in [0.25, 0.3) is 11.2 Å². The molecule has 28 heteroatoms. The normalized spacial score (nSPS) is 23.6. The molecule has 3 heterocycles. The van der Waals surface area contributed by atoms with Gasteiger partial charge >= 0.3 is 23.5 Å². The first-order valence-electron chi connectivity index (χ1n) is 16.1. The van der Waals surface area contributed by atoms with Crippen LogP contribution < -0.4 is 16.4 Å². The Kier molecular flexibility index (Phi) is 14.9. The number of amides is 2. The van der Waals surface area contributed by atoms with Crippen molar-refractivity contribution in [1.29, 1.82) is 0 Å². The summed E-state index contributed by atoms with van der Waals surface area (Å²) in [5, 5.41) is 26.5. The summed E-state index contributed by atoms with van der Waals surface area (Å²) in [6.07, 6.45) is -4.05. The van der Waals surface area contributed by atoms with E-state index in [1.165, 1.54) is 13.8 Å². The minimum absolute atomic E-state index is 0.0328. The number of rotatable bonds is 20. The molecule has 1 aliphatic carbocycles. The molecule has 1 saturated carbocycles. The molecule has 0 spiro atoms. The monoisotopic (exact) mass is 849 g/mol. The molecule has 24 nitrogen and oxygen atoms in total. The molecule has 0 bridgehead atoms. The number of anilines is 1. The number of nitrogens with one attached hydrogen (secondary N) is 2. The second-order valence-corrected chi connectivity index (χ2v) is 18.2. The van der Waals surface area contributed by atoms with Crippen LogP contribution in [0.15, 0.2) is 12.7 Å². The Morgan fingerprint density at radius 1 is 1.07 bits per heavy atom. The summed E-state index contributed by atoms with van der Waals surface area (Å²) in [4.78, 5) is 87.3. The summed E-state index contributed by atoms with van der Waals surface area (Å²) < 4.78 is 62.0. The predicted octanol–water partition coefficient (Wildman–Crippen LogP) is -0.535. The minimum atomic E-state index is -5.56. The number of nitrogens with zero attached hydrogens (tertiary/aromatic N) is 4. The van der Waals surface area contributed by atoms with E-state index in [0.29, 0.717) is 5.75 Å². The van der Waals surface area contributed by atoms with Gasteiger partial charge in [0.05, 0.1) is 19.5 Å². The third kappa shape index (κ3) is 12.3. The molecule has 2 unspecified atom stereocenters. The summed E-state index contributed by atoms with van der Waals surface area (Å²) >= 11 is 1.15. The lowest BCUT2D eigenvalue weighted by molar-refractivity contribution is -0.137. The Morgan fingerprint density at radius 2 is 1.76 bits per heavy atom. The van der Waals surface area contributed by atoms with Crippen LogP contribution in [0, 0.1) is 11.3 Å². The number of nitrogens with two attached hydrogens (primary N) is 1. The summed E-state index contributed by atoms with van der Waals surface area (Å²) in [6, 6.07) is 0. The fourth-order valence-corrected chi connectivity index (χ4v) is 8.75. The molecule has 7 atom stereocenters. The molecule has 0 aromatic carbocycles. The topological polar surface area (TPSA) is 364 Å². The molecular weight excluding hydrogens is 807 g/mol. The smallest absolute Gasteiger partial charge is 0.386 e. The lowest BCUT2D eigenvalue weighted by Crippen LogP contribution is -2.46. The first kappa shape index (κ1) is 44.3. The number of hydrogen-bond donors (Lipinski definition) is 9. The third-order valence-corrected chi connectivity index (χ3v) is 12.3. The maximum atomic E-state index is 12.7. The van der Waals surface area contributed by atoms with Crippen molar-refractivity contribution < 1.29 is 80.5 Å². The van der Waals surface area contributed by atoms with Crippen molar-refractivity contribution in [2.24, 2.45) is 11.3 Å². The second-order valence-electron chi connectivity index (χ2n) is 12.9. The zero-order valence-electron chi connectivity index (χ0n) is 28.8. The first-order valence-corrected chi connectivity index (χ1v) is 21.7. The van der Waals surface area contributed by atoms with Crippen LogP contribution in [0.2, 0.25) is 0 Å². The predicted molar refractivity (Wildman–Crippen MR) is 184 cm³/mol. The van der Waals surface area contributed by atoms with Crippen LogP contribution >= 0.6 is 35.2 Å². The largest absolute Gasteiger partial charge is 0.481 e. The molecule has 4 rings (SSSR count). The summed E-state index contributed by atoms with van der Waals surface area (Å²) in [5.41, 5.74) is 4.27. The van der Waals surface area contributed by atoms with Crippen molar-refractivity contribution in [2.45, 2.75) is 70.2 Å². The van der Waals surface area contributed by atoms with Crippen LogP contribution in [-0.4, -0.2) is 123 Å². The van der Waals surface area contributed by atoms with Gasteiger partial charge in [-0.3, -0.25) is 32.5 Å². The highest BCUT2D eigenvalue weighted by molar-refractivity contribution is 8.13. The maximum Gasteiger partial charge on any atom is 0.481 e. The molecule has 2 aromatic heterocycles. The minimum Gasteiger partial charge on any atom is -0.386 e. The number of aliphatic hydroxyl groups excluding tert-OH is 2. The van der Waals surface area contributed by atoms with Gasteiger partial charge in [0.25, 0.3) is 0 Å². The average molecular weight is 850 g/mol. The van der Waals surface area contributed by atoms with Crippen molar-refractivity contribution in [3.05, 3.63) is 12.7 Å². The number of aliphatic hydroxyl groups is 2. The van der Waals surface area contributed by atoms with Gasteiger partial charge in [-0.1, -0.05) is 32.0 Å². The van der Waals surface area contributed by atoms with Crippen molar-refractivity contribution in [3.8, 4) is 0 Å². The lowest BCUT2D eigenvalue weighted by Gasteiger charge is -2.30. The molecule has 2 amide bonds. The van der Waals surface area contributed by atoms with E-state index in [1.807, 2.05) is 0 Å². The molecule has 10 N–H and O–H groups in total. The molecule has 2 fully saturated rings. The van der Waals surface area contributed by atoms with Crippen LogP contribution in [0.4, 0.5) is 5.82 Å². The van der Waals surface area contributed by atoms with Gasteiger partial charge in [-0.25, -0.2) is 28.6 Å². The standard InChI is InChI=1S/C26H42N7O17P3S/c1-26(2,20(36)23(37)29-7-6-16(34)28-8-9-54-25(38)14-4-3-5-14)11-47-53(44,45)50-52(42,43)46-10-15-19(49-51(39,40)41)18(35)24(48-15)33-13-32-17-21(27)30-12-31-22(17)33/h12-15,18-20,24,35-36H,3-11H2,1-2H3,(H,28,34)(H,29,37)(H,42,43)(H,44,45)(H2,27,30,31)(H2,39,40,41)/t15-,18-,19-,20+,24-/m1/s1. The highest BCUT2D eigenvalue weighted by Gasteiger charge is 2.50. The quantitative estimate of drug-likeness (QED) is 0.0597. The van der Waals surface area contributed by atoms with E-state index >= 15 is 0 Å². The van der Waals surface area contributed by atoms with Gasteiger partial charge in [-0.15, -0.1) is 0 Å². The van der Waals surface area contributed by atoms with Gasteiger partial charge in [0.15, 0.2) is 22.8 Å². The van der Waals surface area contributed by atoms with Crippen LogP contribution in [0.3, 0.4) is 0 Å². The van der Waals surface area contributed by atoms with Crippen molar-refractivity contribution in [2.75, 3.05) is 37.8 Å². The lowest BCUT2D eigenvalue weighted by atomic mass is 9.87. The SMILES string of the molecule is CC(C)(COP(=O)(O)OP(=O)(O)OC[C@H]1O[C@@H](n2cnc3c(N)ncnc32)[C@H](O)[C@@H]1OP(=O)(O)O)[C@@H](O)C(=O)NCCC(=O)NCCSC(=O)C1CCC1. The number of imidazole rings is 1. The van der Waals surface area contributed by atoms with E-state index in [0.717, 1.165) is 48.2 Å². The van der Waals surface area contributed by atoms with Crippen LogP contribution in [0.1, 0.15) is 45.8 Å². The molecule has 2 aliphatic rings. The molecule has 1 saturated heterocycles. The third-order valence-electron chi connectivity index (χ3n) is 8.18. The average Bonchev–Trinajstić information content (AvgIpc) is 3.60. The molecule has 54 heavy (non-hydrogen) atoms. The fourth-order valence-electron chi connectivity index (χ4n) is 5.04. The Bertz CT molecular complexity index is 1810. The number of carbonyl (C=O) groups is 3. The van der Waals surface area contributed by atoms with E-state index in [4.69, 9.17) is 19.5 Å². The van der Waals surface area contributed by atoms with Gasteiger partial charge in [-0.05, 0) is 12.8 Å². The number of hydrogen-bond acceptors (Lipinski definition) is 18. The number of thioether (sulfide) groups is 1. The van der Waals surface area contributed by atoms with Crippen LogP contribution in [-0.2, 0) is 50.7 Å². The van der Waals surface area contributed by atoms with Gasteiger partial charge in [0.1, 0.15) is 36.3 Å². The number of aromatic nitrogens is 4. The molecule has 0 radical (unpaired) electrons. The Morgan fingerprint density at radius 3 is 2.41 bits per heavy atom. The molecule has 304 valence electrons. The van der Waals surface area contributed by atoms with Gasteiger partial charge in [-0.2, -0.15) is 4.31 Å². The van der Waals surface area contributed by atoms with E-state index in [2.05, 4.69) is 34.4 Å². The van der Waals surface area contributed by atoms with E-state index in [-0.39, 0.29) is 47.5 Å². The van der Waals surface area contributed by atoms with E-state index < -0.39 is 84.6 Å². The fraction of sp³-hybridized carbons (Fsp3) is 0.692. The van der Waals surface area contributed by atoms with Crippen LogP contribution in [0.5, 0.6) is 0 Å². The highest BCUT2D eigenvalue weighted by Crippen LogP contribution is 2.61. The Balaban J connectivity index is 1.24. The number of ether oxygens (including phenoxy) is 1. The summed E-state index contributed by atoms with van der Waals surface area (Å²) in [7, 11) is -16.4. The van der Waals surface area contributed by atoms with E-state index in [9.17, 15) is 57.9 Å².